The molecule has 0 spiro atoms. The predicted molar refractivity (Wildman–Crippen MR) is 102 cm³/mol. The zero-order valence-corrected chi connectivity index (χ0v) is 15.7. The number of imidazole rings is 1. The Hall–Kier alpha value is -3.69. The third kappa shape index (κ3) is 3.08. The van der Waals surface area contributed by atoms with Crippen LogP contribution in [0, 0.1) is 0 Å². The van der Waals surface area contributed by atoms with E-state index in [0.29, 0.717) is 0 Å². The van der Waals surface area contributed by atoms with Crippen molar-refractivity contribution in [3.8, 4) is 0 Å². The van der Waals surface area contributed by atoms with Gasteiger partial charge in [-0.15, -0.1) is 0 Å². The first-order chi connectivity index (χ1) is 13.2. The number of fused-ring (bicyclic) bond motifs is 1. The fourth-order valence-corrected chi connectivity index (χ4v) is 3.16. The molecule has 2 amide bonds. The van der Waals surface area contributed by atoms with E-state index in [9.17, 15) is 19.2 Å². The van der Waals surface area contributed by atoms with E-state index in [1.165, 1.54) is 36.6 Å². The summed E-state index contributed by atoms with van der Waals surface area (Å²) in [6.07, 6.45) is 1.38. The van der Waals surface area contributed by atoms with Gasteiger partial charge < -0.3 is 5.73 Å². The molecule has 3 rings (SSSR count). The Balaban J connectivity index is 2.22. The summed E-state index contributed by atoms with van der Waals surface area (Å²) in [5.74, 6) is -1.24. The molecule has 0 aliphatic heterocycles. The zero-order chi connectivity index (χ0) is 20.6. The minimum Gasteiger partial charge on any atom is -0.368 e. The van der Waals surface area contributed by atoms with Crippen LogP contribution >= 0.6 is 0 Å². The molecule has 10 heteroatoms. The Morgan fingerprint density at radius 2 is 1.79 bits per heavy atom. The Bertz CT molecular complexity index is 1170. The largest absolute Gasteiger partial charge is 0.368 e. The van der Waals surface area contributed by atoms with Gasteiger partial charge in [0.2, 0.25) is 11.8 Å². The summed E-state index contributed by atoms with van der Waals surface area (Å²) in [5, 5.41) is 1.09. The first-order valence-corrected chi connectivity index (χ1v) is 8.50. The van der Waals surface area contributed by atoms with Crippen molar-refractivity contribution in [1.82, 2.24) is 18.8 Å². The zero-order valence-electron chi connectivity index (χ0n) is 15.7. The van der Waals surface area contributed by atoms with Crippen LogP contribution in [0.5, 0.6) is 0 Å². The van der Waals surface area contributed by atoms with Gasteiger partial charge in [0.25, 0.3) is 5.56 Å². The van der Waals surface area contributed by atoms with Crippen molar-refractivity contribution in [2.75, 3.05) is 5.01 Å². The third-order valence-corrected chi connectivity index (χ3v) is 4.58. The lowest BCUT2D eigenvalue weighted by molar-refractivity contribution is -0.125. The van der Waals surface area contributed by atoms with E-state index in [2.05, 4.69) is 4.98 Å². The van der Waals surface area contributed by atoms with Crippen molar-refractivity contribution in [3.63, 3.8) is 0 Å². The number of benzene rings is 1. The number of nitrogens with two attached hydrogens (primary N) is 1. The summed E-state index contributed by atoms with van der Waals surface area (Å²) in [7, 11) is 2.80. The number of hydrogen-bond donors (Lipinski definition) is 1. The number of nitrogens with zero attached hydrogens (tertiary/aromatic N) is 5. The van der Waals surface area contributed by atoms with Crippen LogP contribution in [0.1, 0.15) is 12.5 Å². The van der Waals surface area contributed by atoms with Crippen LogP contribution in [0.25, 0.3) is 11.2 Å². The third-order valence-electron chi connectivity index (χ3n) is 4.58. The fourth-order valence-electron chi connectivity index (χ4n) is 3.16. The van der Waals surface area contributed by atoms with E-state index in [1.807, 2.05) is 30.3 Å². The highest BCUT2D eigenvalue weighted by Crippen LogP contribution is 2.13. The van der Waals surface area contributed by atoms with Crippen LogP contribution in [-0.2, 0) is 30.1 Å². The number of rotatable bonds is 5. The molecule has 10 nitrogen and oxygen atoms in total. The number of amides is 2. The average molecular weight is 384 g/mol. The second kappa shape index (κ2) is 7.14. The number of carbonyl (C=O) groups excluding carboxylic acids is 2. The first kappa shape index (κ1) is 19.1. The summed E-state index contributed by atoms with van der Waals surface area (Å²) in [5.41, 5.74) is 5.30. The molecule has 2 aromatic heterocycles. The number of aromatic nitrogens is 4. The smallest absolute Gasteiger partial charge is 0.332 e. The Labute approximate surface area is 159 Å². The lowest BCUT2D eigenvalue weighted by atomic mass is 10.1. The monoisotopic (exact) mass is 384 g/mol. The van der Waals surface area contributed by atoms with Gasteiger partial charge in [-0.1, -0.05) is 30.3 Å². The molecule has 0 aliphatic rings. The van der Waals surface area contributed by atoms with E-state index >= 15 is 0 Å². The average Bonchev–Trinajstić information content (AvgIpc) is 3.09. The molecule has 1 atom stereocenters. The maximum atomic E-state index is 12.7. The SMILES string of the molecule is CC(=O)N([C@H](Cc1ccccc1)C(N)=O)n1cnc2c1c(=O)n(C)c(=O)n2C. The molecule has 0 saturated heterocycles. The van der Waals surface area contributed by atoms with E-state index < -0.39 is 29.1 Å². The molecule has 2 heterocycles. The van der Waals surface area contributed by atoms with Crippen molar-refractivity contribution in [3.05, 3.63) is 63.1 Å². The number of aryl methyl sites for hydroxylation is 1. The Morgan fingerprint density at radius 3 is 2.36 bits per heavy atom. The van der Waals surface area contributed by atoms with Gasteiger partial charge in [-0.2, -0.15) is 0 Å². The first-order valence-electron chi connectivity index (χ1n) is 8.50. The molecule has 146 valence electrons. The second-order valence-corrected chi connectivity index (χ2v) is 6.44. The number of primary amides is 1. The van der Waals surface area contributed by atoms with Crippen LogP contribution in [0.4, 0.5) is 0 Å². The molecule has 0 fully saturated rings. The van der Waals surface area contributed by atoms with Gasteiger partial charge in [0.05, 0.1) is 0 Å². The molecule has 0 bridgehead atoms. The van der Waals surface area contributed by atoms with Crippen molar-refractivity contribution in [1.29, 1.82) is 0 Å². The van der Waals surface area contributed by atoms with E-state index in [1.54, 1.807) is 0 Å². The summed E-state index contributed by atoms with van der Waals surface area (Å²) < 4.78 is 3.30. The van der Waals surface area contributed by atoms with Crippen LogP contribution in [0.15, 0.2) is 46.2 Å². The quantitative estimate of drug-likeness (QED) is 0.605. The molecule has 0 aliphatic carbocycles. The van der Waals surface area contributed by atoms with Gasteiger partial charge in [-0.3, -0.25) is 23.5 Å². The molecule has 0 radical (unpaired) electrons. The van der Waals surface area contributed by atoms with Gasteiger partial charge in [0.1, 0.15) is 12.4 Å². The van der Waals surface area contributed by atoms with Gasteiger partial charge in [-0.05, 0) is 5.56 Å². The van der Waals surface area contributed by atoms with Crippen LogP contribution in [0.2, 0.25) is 0 Å². The van der Waals surface area contributed by atoms with Crippen molar-refractivity contribution in [2.45, 2.75) is 19.4 Å². The molecule has 28 heavy (non-hydrogen) atoms. The maximum absolute atomic E-state index is 12.7. The normalized spacial score (nSPS) is 12.1. The summed E-state index contributed by atoms with van der Waals surface area (Å²) in [4.78, 5) is 53.6. The molecule has 0 saturated carbocycles. The molecule has 2 N–H and O–H groups in total. The van der Waals surface area contributed by atoms with Crippen molar-refractivity contribution in [2.24, 2.45) is 19.8 Å². The lowest BCUT2D eigenvalue weighted by Crippen LogP contribution is -2.54. The minimum absolute atomic E-state index is 0.000823. The molecule has 0 unspecified atom stereocenters. The van der Waals surface area contributed by atoms with Crippen LogP contribution in [-0.4, -0.2) is 36.7 Å². The van der Waals surface area contributed by atoms with E-state index in [4.69, 9.17) is 5.73 Å². The second-order valence-electron chi connectivity index (χ2n) is 6.44. The molecular formula is C18H20N6O4. The van der Waals surface area contributed by atoms with Gasteiger partial charge in [-0.25, -0.2) is 19.5 Å². The molecule has 1 aromatic carbocycles. The predicted octanol–water partition coefficient (Wildman–Crippen LogP) is -0.985. The van der Waals surface area contributed by atoms with Crippen LogP contribution in [0.3, 0.4) is 0 Å². The van der Waals surface area contributed by atoms with Crippen LogP contribution < -0.4 is 22.0 Å². The fraction of sp³-hybridized carbons (Fsp3) is 0.278. The standard InChI is InChI=1S/C18H20N6O4/c1-11(25)24(13(15(19)26)9-12-7-5-4-6-8-12)23-10-20-16-14(23)17(27)22(3)18(28)21(16)2/h4-8,10,13H,9H2,1-3H3,(H2,19,26)/t13-/m1/s1. The molecular weight excluding hydrogens is 364 g/mol. The topological polar surface area (TPSA) is 125 Å². The van der Waals surface area contributed by atoms with E-state index in [-0.39, 0.29) is 17.6 Å². The number of carbonyl (C=O) groups is 2. The van der Waals surface area contributed by atoms with Gasteiger partial charge >= 0.3 is 5.69 Å². The van der Waals surface area contributed by atoms with Crippen molar-refractivity contribution < 1.29 is 9.59 Å². The summed E-state index contributed by atoms with van der Waals surface area (Å²) >= 11 is 0. The van der Waals surface area contributed by atoms with E-state index in [0.717, 1.165) is 15.1 Å². The molecule has 3 aromatic rings. The lowest BCUT2D eigenvalue weighted by Gasteiger charge is -2.29. The summed E-state index contributed by atoms with van der Waals surface area (Å²) in [6.45, 7) is 1.26. The highest BCUT2D eigenvalue weighted by atomic mass is 16.2. The van der Waals surface area contributed by atoms with Gasteiger partial charge in [0, 0.05) is 27.4 Å². The highest BCUT2D eigenvalue weighted by molar-refractivity contribution is 5.94. The minimum atomic E-state index is -1.06. The Kier molecular flexibility index (Phi) is 4.87. The number of hydrogen-bond acceptors (Lipinski definition) is 5. The highest BCUT2D eigenvalue weighted by Gasteiger charge is 2.30. The van der Waals surface area contributed by atoms with Crippen molar-refractivity contribution >= 4 is 23.0 Å². The summed E-state index contributed by atoms with van der Waals surface area (Å²) in [6, 6.07) is 8.01. The van der Waals surface area contributed by atoms with Gasteiger partial charge in [0.15, 0.2) is 11.2 Å². The Morgan fingerprint density at radius 1 is 1.14 bits per heavy atom. The maximum Gasteiger partial charge on any atom is 0.332 e.